The van der Waals surface area contributed by atoms with Crippen LogP contribution >= 0.6 is 0 Å². The molecule has 8 nitrogen and oxygen atoms in total. The van der Waals surface area contributed by atoms with Crippen molar-refractivity contribution < 1.29 is 14.1 Å². The van der Waals surface area contributed by atoms with Crippen molar-refractivity contribution in [3.63, 3.8) is 0 Å². The summed E-state index contributed by atoms with van der Waals surface area (Å²) in [6.45, 7) is 0. The fraction of sp³-hybridized carbons (Fsp3) is 0. The number of nitrogens with zero attached hydrogens (tertiary/aromatic N) is 3. The molecule has 0 radical (unpaired) electrons. The maximum Gasteiger partial charge on any atom is 0.292 e. The first-order valence-corrected chi connectivity index (χ1v) is 8.77. The van der Waals surface area contributed by atoms with E-state index in [9.17, 15) is 24.1 Å². The van der Waals surface area contributed by atoms with E-state index in [2.05, 4.69) is 10.3 Å². The number of anilines is 1. The third-order valence-electron chi connectivity index (χ3n) is 4.46. The summed E-state index contributed by atoms with van der Waals surface area (Å²) >= 11 is 0. The highest BCUT2D eigenvalue weighted by molar-refractivity contribution is 6.06. The number of pyridine rings is 2. The number of carbonyl (C=O) groups is 1. The fourth-order valence-electron chi connectivity index (χ4n) is 3.05. The largest absolute Gasteiger partial charge is 0.316 e. The van der Waals surface area contributed by atoms with E-state index in [1.165, 1.54) is 71.6 Å². The summed E-state index contributed by atoms with van der Waals surface area (Å²) in [7, 11) is 0. The van der Waals surface area contributed by atoms with E-state index in [1.807, 2.05) is 0 Å². The van der Waals surface area contributed by atoms with Gasteiger partial charge in [0.25, 0.3) is 11.6 Å². The SMILES string of the molecule is O=C(Nc1ccccc1[N+](=O)[O-])c1cn(-c2ccc(F)cc2)c2ncccc2c1=O. The maximum atomic E-state index is 13.3. The Hall–Kier alpha value is -4.40. The van der Waals surface area contributed by atoms with Crippen LogP contribution in [0.2, 0.25) is 0 Å². The van der Waals surface area contributed by atoms with Crippen LogP contribution in [0.5, 0.6) is 0 Å². The molecule has 148 valence electrons. The van der Waals surface area contributed by atoms with Crippen LogP contribution in [0.25, 0.3) is 16.7 Å². The molecule has 2 aromatic heterocycles. The quantitative estimate of drug-likeness (QED) is 0.412. The number of halogens is 1. The van der Waals surface area contributed by atoms with Crippen LogP contribution in [0, 0.1) is 15.9 Å². The first-order valence-electron chi connectivity index (χ1n) is 8.77. The third-order valence-corrected chi connectivity index (χ3v) is 4.46. The lowest BCUT2D eigenvalue weighted by atomic mass is 10.1. The van der Waals surface area contributed by atoms with Crippen molar-refractivity contribution in [2.75, 3.05) is 5.32 Å². The van der Waals surface area contributed by atoms with Gasteiger partial charge in [-0.25, -0.2) is 9.37 Å². The molecule has 2 heterocycles. The van der Waals surface area contributed by atoms with Gasteiger partial charge in [-0.1, -0.05) is 12.1 Å². The molecule has 0 aliphatic heterocycles. The van der Waals surface area contributed by atoms with Crippen molar-refractivity contribution in [2.45, 2.75) is 0 Å². The van der Waals surface area contributed by atoms with E-state index >= 15 is 0 Å². The molecular formula is C21H13FN4O4. The zero-order chi connectivity index (χ0) is 21.3. The molecule has 9 heteroatoms. The van der Waals surface area contributed by atoms with Crippen LogP contribution in [-0.4, -0.2) is 20.4 Å². The van der Waals surface area contributed by atoms with Gasteiger partial charge in [-0.3, -0.25) is 19.7 Å². The van der Waals surface area contributed by atoms with Gasteiger partial charge in [0.05, 0.1) is 10.3 Å². The molecule has 2 aromatic carbocycles. The molecule has 0 unspecified atom stereocenters. The Morgan fingerprint density at radius 2 is 1.80 bits per heavy atom. The van der Waals surface area contributed by atoms with E-state index in [1.54, 1.807) is 6.07 Å². The van der Waals surface area contributed by atoms with Crippen LogP contribution in [0.3, 0.4) is 0 Å². The Bertz CT molecular complexity index is 1350. The second kappa shape index (κ2) is 7.55. The Kier molecular flexibility index (Phi) is 4.77. The van der Waals surface area contributed by atoms with Gasteiger partial charge in [-0.2, -0.15) is 0 Å². The van der Waals surface area contributed by atoms with Crippen LogP contribution in [-0.2, 0) is 0 Å². The minimum atomic E-state index is -0.809. The Morgan fingerprint density at radius 3 is 2.53 bits per heavy atom. The number of amides is 1. The van der Waals surface area contributed by atoms with Crippen molar-refractivity contribution in [3.05, 3.63) is 105 Å². The zero-order valence-corrected chi connectivity index (χ0v) is 15.3. The van der Waals surface area contributed by atoms with Gasteiger partial charge < -0.3 is 9.88 Å². The molecule has 4 aromatic rings. The molecule has 0 saturated carbocycles. The first-order chi connectivity index (χ1) is 14.5. The van der Waals surface area contributed by atoms with Gasteiger partial charge in [0.1, 0.15) is 22.7 Å². The molecule has 0 aliphatic rings. The van der Waals surface area contributed by atoms with Gasteiger partial charge in [0.15, 0.2) is 0 Å². The summed E-state index contributed by atoms with van der Waals surface area (Å²) in [6, 6.07) is 14.2. The topological polar surface area (TPSA) is 107 Å². The number of nitro groups is 1. The standard InChI is InChI=1S/C21H13FN4O4/c22-13-7-9-14(10-8-13)25-12-16(19(27)15-4-3-11-23-20(15)25)21(28)24-17-5-1-2-6-18(17)26(29)30/h1-12H,(H,24,28). The zero-order valence-electron chi connectivity index (χ0n) is 15.3. The van der Waals surface area contributed by atoms with Crippen molar-refractivity contribution >= 4 is 28.3 Å². The molecule has 0 bridgehead atoms. The number of fused-ring (bicyclic) bond motifs is 1. The summed E-state index contributed by atoms with van der Waals surface area (Å²) in [5.74, 6) is -1.25. The summed E-state index contributed by atoms with van der Waals surface area (Å²) < 4.78 is 14.8. The van der Waals surface area contributed by atoms with E-state index in [4.69, 9.17) is 0 Å². The van der Waals surface area contributed by atoms with Crippen LogP contribution in [0.4, 0.5) is 15.8 Å². The average molecular weight is 404 g/mol. The number of carbonyl (C=O) groups excluding carboxylic acids is 1. The fourth-order valence-corrected chi connectivity index (χ4v) is 3.05. The van der Waals surface area contributed by atoms with Gasteiger partial charge in [-0.15, -0.1) is 0 Å². The van der Waals surface area contributed by atoms with Gasteiger partial charge >= 0.3 is 0 Å². The second-order valence-corrected chi connectivity index (χ2v) is 6.32. The normalized spacial score (nSPS) is 10.7. The van der Waals surface area contributed by atoms with E-state index < -0.39 is 22.1 Å². The summed E-state index contributed by atoms with van der Waals surface area (Å²) in [5.41, 5.74) is -0.375. The van der Waals surface area contributed by atoms with Gasteiger partial charge in [-0.05, 0) is 42.5 Å². The monoisotopic (exact) mass is 404 g/mol. The molecule has 0 saturated heterocycles. The van der Waals surface area contributed by atoms with Crippen molar-refractivity contribution in [3.8, 4) is 5.69 Å². The maximum absolute atomic E-state index is 13.3. The molecule has 4 rings (SSSR count). The molecule has 0 aliphatic carbocycles. The van der Waals surface area contributed by atoms with Gasteiger partial charge in [0, 0.05) is 24.1 Å². The van der Waals surface area contributed by atoms with E-state index in [-0.39, 0.29) is 28.0 Å². The average Bonchev–Trinajstić information content (AvgIpc) is 2.75. The lowest BCUT2D eigenvalue weighted by Crippen LogP contribution is -2.24. The smallest absolute Gasteiger partial charge is 0.292 e. The lowest BCUT2D eigenvalue weighted by Gasteiger charge is -2.13. The molecular weight excluding hydrogens is 391 g/mol. The number of aromatic nitrogens is 2. The highest BCUT2D eigenvalue weighted by Gasteiger charge is 2.20. The number of nitrogens with one attached hydrogen (secondary N) is 1. The molecule has 0 spiro atoms. The number of rotatable bonds is 4. The summed E-state index contributed by atoms with van der Waals surface area (Å²) in [6.07, 6.45) is 2.78. The van der Waals surface area contributed by atoms with Crippen molar-refractivity contribution in [1.29, 1.82) is 0 Å². The summed E-state index contributed by atoms with van der Waals surface area (Å²) in [4.78, 5) is 40.6. The molecule has 0 atom stereocenters. The first kappa shape index (κ1) is 18.9. The van der Waals surface area contributed by atoms with E-state index in [0.717, 1.165) is 0 Å². The molecule has 30 heavy (non-hydrogen) atoms. The third kappa shape index (κ3) is 3.39. The number of hydrogen-bond acceptors (Lipinski definition) is 5. The number of hydrogen-bond donors (Lipinski definition) is 1. The molecule has 1 amide bonds. The summed E-state index contributed by atoms with van der Waals surface area (Å²) in [5, 5.41) is 13.8. The molecule has 1 N–H and O–H groups in total. The van der Waals surface area contributed by atoms with Crippen molar-refractivity contribution in [2.24, 2.45) is 0 Å². The van der Waals surface area contributed by atoms with Crippen LogP contribution < -0.4 is 10.7 Å². The predicted octanol–water partition coefficient (Wildman–Crippen LogP) is 3.69. The van der Waals surface area contributed by atoms with Crippen LogP contribution in [0.1, 0.15) is 10.4 Å². The Morgan fingerprint density at radius 1 is 1.07 bits per heavy atom. The van der Waals surface area contributed by atoms with Crippen LogP contribution in [0.15, 0.2) is 77.9 Å². The minimum absolute atomic E-state index is 0.0356. The highest BCUT2D eigenvalue weighted by Crippen LogP contribution is 2.24. The van der Waals surface area contributed by atoms with E-state index in [0.29, 0.717) is 5.69 Å². The highest BCUT2D eigenvalue weighted by atomic mass is 19.1. The molecule has 0 fully saturated rings. The minimum Gasteiger partial charge on any atom is -0.316 e. The second-order valence-electron chi connectivity index (χ2n) is 6.32. The Labute approximate surface area is 168 Å². The van der Waals surface area contributed by atoms with Crippen molar-refractivity contribution in [1.82, 2.24) is 9.55 Å². The number of benzene rings is 2. The predicted molar refractivity (Wildman–Crippen MR) is 108 cm³/mol. The lowest BCUT2D eigenvalue weighted by molar-refractivity contribution is -0.383. The van der Waals surface area contributed by atoms with Gasteiger partial charge in [0.2, 0.25) is 5.43 Å². The Balaban J connectivity index is 1.86. The number of para-hydroxylation sites is 2. The number of nitro benzene ring substituents is 1.